The summed E-state index contributed by atoms with van der Waals surface area (Å²) >= 11 is 0. The molecule has 6 saturated heterocycles. The van der Waals surface area contributed by atoms with Crippen molar-refractivity contribution in [2.75, 3.05) is 47.3 Å². The molecular weight excluding hydrogens is 1540 g/mol. The van der Waals surface area contributed by atoms with Crippen LogP contribution in [-0.4, -0.2) is 353 Å². The van der Waals surface area contributed by atoms with Crippen LogP contribution in [0.3, 0.4) is 0 Å². The molecule has 18 N–H and O–H groups in total. The van der Waals surface area contributed by atoms with E-state index in [0.717, 1.165) is 18.6 Å². The number of ether oxygens (including phenoxy) is 16. The number of methoxy groups -OCH3 is 2. The van der Waals surface area contributed by atoms with E-state index in [1.807, 2.05) is 26.8 Å². The van der Waals surface area contributed by atoms with E-state index in [0.29, 0.717) is 36.3 Å². The third kappa shape index (κ3) is 16.2. The molecule has 6 aliphatic heterocycles. The topological polar surface area (TPSA) is 580 Å². The summed E-state index contributed by atoms with van der Waals surface area (Å²) in [6.45, 7) is 9.95. The molecule has 6 heterocycles. The highest BCUT2D eigenvalue weighted by Crippen LogP contribution is 2.76. The van der Waals surface area contributed by atoms with Gasteiger partial charge in [-0.05, 0) is 136 Å². The maximum absolute atomic E-state index is 16.5. The summed E-state index contributed by atoms with van der Waals surface area (Å²) in [6, 6.07) is 4.74. The number of rotatable bonds is 23. The molecule has 38 nitrogen and oxygen atoms in total. The lowest BCUT2D eigenvalue weighted by Gasteiger charge is -2.71. The van der Waals surface area contributed by atoms with E-state index in [1.54, 1.807) is 18.2 Å². The van der Waals surface area contributed by atoms with Crippen LogP contribution in [0.15, 0.2) is 35.9 Å². The lowest BCUT2D eigenvalue weighted by Crippen LogP contribution is -2.71. The van der Waals surface area contributed by atoms with Crippen LogP contribution in [0.4, 0.5) is 0 Å². The van der Waals surface area contributed by atoms with Crippen LogP contribution in [0, 0.1) is 50.2 Å². The number of hydrogen-bond acceptors (Lipinski definition) is 37. The number of carboxylic acid groups (broad SMARTS) is 1. The fourth-order valence-electron chi connectivity index (χ4n) is 20.9. The van der Waals surface area contributed by atoms with Crippen molar-refractivity contribution >= 4 is 30.0 Å². The van der Waals surface area contributed by atoms with Gasteiger partial charge in [-0.1, -0.05) is 45.4 Å². The molecule has 0 aromatic heterocycles. The Bertz CT molecular complexity index is 3660. The summed E-state index contributed by atoms with van der Waals surface area (Å²) in [5.41, 5.74) is -5.78. The molecule has 1 unspecified atom stereocenters. The number of aliphatic hydroxyl groups is 17. The monoisotopic (exact) mass is 1660 g/mol. The number of fused-ring (bicyclic) bond motifs is 7. The lowest BCUT2D eigenvalue weighted by molar-refractivity contribution is -0.393. The number of benzene rings is 1. The van der Waals surface area contributed by atoms with Crippen LogP contribution < -0.4 is 9.47 Å². The maximum Gasteiger partial charge on any atom is 0.331 e. The zero-order valence-corrected chi connectivity index (χ0v) is 66.2. The van der Waals surface area contributed by atoms with E-state index in [1.165, 1.54) is 41.1 Å². The van der Waals surface area contributed by atoms with Crippen LogP contribution in [0.25, 0.3) is 6.08 Å². The predicted molar refractivity (Wildman–Crippen MR) is 386 cm³/mol. The number of aliphatic hydroxyl groups excluding tert-OH is 17. The van der Waals surface area contributed by atoms with E-state index in [2.05, 4.69) is 6.92 Å². The van der Waals surface area contributed by atoms with Gasteiger partial charge in [-0.2, -0.15) is 0 Å². The van der Waals surface area contributed by atoms with Crippen LogP contribution in [-0.2, 0) is 85.5 Å². The normalized spacial score (nSPS) is 48.1. The third-order valence-corrected chi connectivity index (χ3v) is 27.5. The molecule has 0 radical (unpaired) electrons. The minimum Gasteiger partial charge on any atom is -0.493 e. The molecule has 5 aliphatic carbocycles. The van der Waals surface area contributed by atoms with Crippen molar-refractivity contribution in [2.24, 2.45) is 50.2 Å². The van der Waals surface area contributed by atoms with Crippen molar-refractivity contribution in [3.63, 3.8) is 0 Å². The van der Waals surface area contributed by atoms with E-state index in [9.17, 15) is 106 Å². The average Bonchev–Trinajstić information content (AvgIpc) is 0.668. The van der Waals surface area contributed by atoms with Crippen molar-refractivity contribution in [3.8, 4) is 11.5 Å². The van der Waals surface area contributed by atoms with Gasteiger partial charge in [0.05, 0.1) is 69.8 Å². The number of esters is 3. The van der Waals surface area contributed by atoms with E-state index in [4.69, 9.17) is 75.8 Å². The first-order valence-electron chi connectivity index (χ1n) is 39.6. The summed E-state index contributed by atoms with van der Waals surface area (Å²) in [6.07, 6.45) is -50.5. The second-order valence-electron chi connectivity index (χ2n) is 34.7. The second-order valence-corrected chi connectivity index (χ2v) is 34.7. The molecule has 10 fully saturated rings. The summed E-state index contributed by atoms with van der Waals surface area (Å²) in [5, 5.41) is 202. The Balaban J connectivity index is 0.878. The van der Waals surface area contributed by atoms with Crippen molar-refractivity contribution in [1.29, 1.82) is 0 Å². The van der Waals surface area contributed by atoms with E-state index >= 15 is 4.79 Å². The zero-order valence-electron chi connectivity index (χ0n) is 66.2. The molecule has 1 aromatic rings. The van der Waals surface area contributed by atoms with Gasteiger partial charge in [-0.3, -0.25) is 14.4 Å². The van der Waals surface area contributed by atoms with Crippen LogP contribution >= 0.6 is 0 Å². The molecule has 4 saturated carbocycles. The smallest absolute Gasteiger partial charge is 0.331 e. The van der Waals surface area contributed by atoms with Crippen LogP contribution in [0.1, 0.15) is 119 Å². The fraction of sp³-hybridized carbons (Fsp3) is 0.821. The Morgan fingerprint density at radius 1 is 0.543 bits per heavy atom. The molecule has 12 rings (SSSR count). The summed E-state index contributed by atoms with van der Waals surface area (Å²) in [4.78, 5) is 57.2. The van der Waals surface area contributed by atoms with Gasteiger partial charge in [-0.15, -0.1) is 0 Å². The Labute approximate surface area is 668 Å². The Hall–Kier alpha value is -4.94. The third-order valence-electron chi connectivity index (χ3n) is 27.5. The molecule has 11 aliphatic rings. The molecule has 656 valence electrons. The van der Waals surface area contributed by atoms with Gasteiger partial charge in [0.25, 0.3) is 0 Å². The van der Waals surface area contributed by atoms with Gasteiger partial charge in [-0.25, -0.2) is 4.79 Å². The number of hydrogen-bond donors (Lipinski definition) is 18. The van der Waals surface area contributed by atoms with E-state index < -0.39 is 297 Å². The van der Waals surface area contributed by atoms with Crippen LogP contribution in [0.2, 0.25) is 0 Å². The number of carbonyl (C=O) groups is 4. The highest BCUT2D eigenvalue weighted by atomic mass is 16.8. The van der Waals surface area contributed by atoms with Gasteiger partial charge < -0.3 is 168 Å². The molecule has 0 amide bonds. The van der Waals surface area contributed by atoms with Gasteiger partial charge >= 0.3 is 23.9 Å². The molecule has 39 atom stereocenters. The predicted octanol–water partition coefficient (Wildman–Crippen LogP) is -3.83. The maximum atomic E-state index is 16.5. The number of allylic oxidation sites excluding steroid dienone is 1. The standard InChI is InChI=1S/C78H116O38/c1-31-60(112-65-55(93)50(88)43(29-104-65)109-67-56(94)51(89)47(85)40(26-79)107-67)54(92)59(97)66(105-31)114-63-62(113-68-57(95)53(91)49(87)42(110-68)28-103-33(3)82)61(111-46(84)16-12-34-11-14-38(101-9)39(23-34)102-10)32(2)106-70(63)116-72(100)77-20-19-73(4,5)24-36(77)35-13-15-44-74(6)25-37(83)64(115-69-58(96)52(90)48(86)41(27-80)108-69)76(8,71(98)99)45(74)17-18-75(44,7)78(35,30-81)22-21-77/h11-14,16,23,31-32,36-37,40-45,47-70,79-81,83,85-97H,15,17-22,24-30H2,1-10H3,(H,98,99)/t31-,32+,36-,37-,40+,41+,42+,43+,44+,45?,47-,48+,49+,50-,51-,52-,53-,54-,55+,56+,57+,58+,59+,60-,61-,62-,63+,64-,65-,66-,67-,68-,69-,70-,74+,75+,76-,77-,78-/m0/s1. The summed E-state index contributed by atoms with van der Waals surface area (Å²) in [5.74, 6) is -5.41. The number of carbonyl (C=O) groups excluding carboxylic acids is 3. The van der Waals surface area contributed by atoms with Crippen molar-refractivity contribution < 1.29 is 187 Å². The first-order valence-corrected chi connectivity index (χ1v) is 39.6. The van der Waals surface area contributed by atoms with Gasteiger partial charge in [0.1, 0.15) is 129 Å². The van der Waals surface area contributed by atoms with Crippen molar-refractivity contribution in [2.45, 2.75) is 304 Å². The Morgan fingerprint density at radius 3 is 1.69 bits per heavy atom. The molecule has 116 heavy (non-hydrogen) atoms. The average molecular weight is 1660 g/mol. The summed E-state index contributed by atoms with van der Waals surface area (Å²) in [7, 11) is 2.83. The van der Waals surface area contributed by atoms with Gasteiger partial charge in [0.15, 0.2) is 55.2 Å². The Morgan fingerprint density at radius 2 is 1.09 bits per heavy atom. The minimum absolute atomic E-state index is 0.0434. The SMILES string of the molecule is COc1ccc(C=CC(=O)O[C@@H]2[C@H](O[C@@H]3O[C@H](COC(C)=O)[C@@H](O)[C@H](O)[C@H]3O)[C@@H](O[C@@H]3O[C@@H](C)[C@H](O[C@@H]4OC[C@@H](O[C@@H]5O[C@H](CO)[C@H](O)[C@H](O)[C@H]5O)[C@H](O)[C@H]4O)[C@@H](O)[C@H]3O)[C@H](OC(=O)[C@]34CCC(C)(C)C[C@H]3C3=CC[C@@H]5[C@@]6(C)C[C@H](O)[C@H](O[C@@H]7O[C@H](CO)[C@@H](O)[C@H](O)[C@H]7O)[C@@](C)(C(=O)O)C6CC[C@@]5(C)[C@]3(CO)CC4)O[C@@H]2C)cc1OC. The Kier molecular flexibility index (Phi) is 27.3. The largest absolute Gasteiger partial charge is 0.493 e. The molecular formula is C78H116O38. The lowest BCUT2D eigenvalue weighted by atomic mass is 9.33. The molecule has 0 bridgehead atoms. The molecule has 38 heteroatoms. The second kappa shape index (κ2) is 35.1. The van der Waals surface area contributed by atoms with Gasteiger partial charge in [0, 0.05) is 18.4 Å². The van der Waals surface area contributed by atoms with Gasteiger partial charge in [0.2, 0.25) is 6.29 Å². The number of carboxylic acids is 1. The molecule has 0 spiro atoms. The first kappa shape index (κ1) is 90.3. The zero-order chi connectivity index (χ0) is 84.7. The van der Waals surface area contributed by atoms with E-state index in [-0.39, 0.29) is 38.5 Å². The fourth-order valence-corrected chi connectivity index (χ4v) is 20.9. The highest BCUT2D eigenvalue weighted by molar-refractivity contribution is 5.87. The van der Waals surface area contributed by atoms with Crippen molar-refractivity contribution in [1.82, 2.24) is 0 Å². The minimum atomic E-state index is -2.25. The number of aliphatic carboxylic acids is 1. The van der Waals surface area contributed by atoms with Crippen LogP contribution in [0.5, 0.6) is 11.5 Å². The summed E-state index contributed by atoms with van der Waals surface area (Å²) < 4.78 is 96.3. The first-order chi connectivity index (χ1) is 54.6. The quantitative estimate of drug-likeness (QED) is 0.0164. The molecule has 1 aromatic carbocycles. The van der Waals surface area contributed by atoms with Crippen molar-refractivity contribution in [3.05, 3.63) is 41.5 Å². The highest BCUT2D eigenvalue weighted by Gasteiger charge is 2.74.